The van der Waals surface area contributed by atoms with E-state index in [-0.39, 0.29) is 0 Å². The lowest BCUT2D eigenvalue weighted by Crippen LogP contribution is -2.10. The molecular weight excluding hydrogens is 406 g/mol. The quantitative estimate of drug-likeness (QED) is 0.289. The Morgan fingerprint density at radius 3 is 2.35 bits per heavy atom. The standard InChI is InChI=1S/C24H17F4N3/c25-23-20(9-4-12-31-23)21(18-7-2-10-29-15-18)14-17-6-3-11-30-22(17)16-5-1-8-19(13-16)24(26,27)28/h1-13,15,21H,14H2. The number of pyridine rings is 3. The molecule has 31 heavy (non-hydrogen) atoms. The van der Waals surface area contributed by atoms with Gasteiger partial charge < -0.3 is 0 Å². The average Bonchev–Trinajstić information content (AvgIpc) is 2.78. The Bertz CT molecular complexity index is 1180. The average molecular weight is 423 g/mol. The van der Waals surface area contributed by atoms with Crippen molar-refractivity contribution in [2.24, 2.45) is 0 Å². The van der Waals surface area contributed by atoms with Crippen molar-refractivity contribution in [2.75, 3.05) is 0 Å². The van der Waals surface area contributed by atoms with Crippen LogP contribution in [0.5, 0.6) is 0 Å². The minimum absolute atomic E-state index is 0.313. The molecule has 3 aromatic heterocycles. The Labute approximate surface area is 176 Å². The number of aromatic nitrogens is 3. The van der Waals surface area contributed by atoms with E-state index in [0.29, 0.717) is 28.8 Å². The monoisotopic (exact) mass is 423 g/mol. The van der Waals surface area contributed by atoms with Crippen LogP contribution in [-0.2, 0) is 12.6 Å². The van der Waals surface area contributed by atoms with Crippen molar-refractivity contribution in [3.8, 4) is 11.3 Å². The first-order valence-electron chi connectivity index (χ1n) is 9.55. The van der Waals surface area contributed by atoms with Crippen LogP contribution in [0.4, 0.5) is 17.6 Å². The van der Waals surface area contributed by atoms with E-state index in [4.69, 9.17) is 0 Å². The van der Waals surface area contributed by atoms with Gasteiger partial charge >= 0.3 is 6.18 Å². The Kier molecular flexibility index (Phi) is 5.75. The second-order valence-corrected chi connectivity index (χ2v) is 7.02. The van der Waals surface area contributed by atoms with Gasteiger partial charge in [-0.15, -0.1) is 0 Å². The number of hydrogen-bond donors (Lipinski definition) is 0. The Hall–Kier alpha value is -3.61. The fraction of sp³-hybridized carbons (Fsp3) is 0.125. The van der Waals surface area contributed by atoms with Gasteiger partial charge in [0.25, 0.3) is 0 Å². The number of benzene rings is 1. The second kappa shape index (κ2) is 8.63. The first kappa shape index (κ1) is 20.7. The van der Waals surface area contributed by atoms with Crippen LogP contribution in [0, 0.1) is 5.95 Å². The highest BCUT2D eigenvalue weighted by atomic mass is 19.4. The van der Waals surface area contributed by atoms with Crippen molar-refractivity contribution in [3.63, 3.8) is 0 Å². The van der Waals surface area contributed by atoms with E-state index in [1.165, 1.54) is 18.5 Å². The zero-order chi connectivity index (χ0) is 21.8. The zero-order valence-electron chi connectivity index (χ0n) is 16.2. The Morgan fingerprint density at radius 1 is 0.839 bits per heavy atom. The first-order chi connectivity index (χ1) is 14.9. The van der Waals surface area contributed by atoms with Crippen LogP contribution >= 0.6 is 0 Å². The Morgan fingerprint density at radius 2 is 1.61 bits per heavy atom. The molecule has 0 radical (unpaired) electrons. The van der Waals surface area contributed by atoms with Crippen LogP contribution in [0.25, 0.3) is 11.3 Å². The summed E-state index contributed by atoms with van der Waals surface area (Å²) >= 11 is 0. The number of rotatable bonds is 5. The van der Waals surface area contributed by atoms with E-state index in [1.54, 1.807) is 48.8 Å². The summed E-state index contributed by atoms with van der Waals surface area (Å²) in [5.41, 5.74) is 1.87. The minimum Gasteiger partial charge on any atom is -0.264 e. The fourth-order valence-electron chi connectivity index (χ4n) is 3.57. The molecule has 0 spiro atoms. The largest absolute Gasteiger partial charge is 0.416 e. The van der Waals surface area contributed by atoms with Crippen LogP contribution in [-0.4, -0.2) is 15.0 Å². The molecule has 4 aromatic rings. The van der Waals surface area contributed by atoms with Crippen LogP contribution in [0.3, 0.4) is 0 Å². The molecule has 7 heteroatoms. The van der Waals surface area contributed by atoms with E-state index in [0.717, 1.165) is 17.7 Å². The van der Waals surface area contributed by atoms with Crippen molar-refractivity contribution < 1.29 is 17.6 Å². The zero-order valence-corrected chi connectivity index (χ0v) is 16.2. The fourth-order valence-corrected chi connectivity index (χ4v) is 3.57. The van der Waals surface area contributed by atoms with Gasteiger partial charge in [0.05, 0.1) is 11.3 Å². The van der Waals surface area contributed by atoms with Gasteiger partial charge in [0.15, 0.2) is 0 Å². The van der Waals surface area contributed by atoms with Crippen LogP contribution in [0.15, 0.2) is 85.5 Å². The molecular formula is C24H17F4N3. The van der Waals surface area contributed by atoms with E-state index < -0.39 is 23.6 Å². The highest BCUT2D eigenvalue weighted by Gasteiger charge is 2.31. The third-order valence-electron chi connectivity index (χ3n) is 5.03. The molecule has 3 nitrogen and oxygen atoms in total. The lowest BCUT2D eigenvalue weighted by atomic mass is 9.86. The molecule has 156 valence electrons. The molecule has 1 atom stereocenters. The highest BCUT2D eigenvalue weighted by molar-refractivity contribution is 5.64. The summed E-state index contributed by atoms with van der Waals surface area (Å²) in [6.45, 7) is 0. The first-order valence-corrected chi connectivity index (χ1v) is 9.55. The summed E-state index contributed by atoms with van der Waals surface area (Å²) in [7, 11) is 0. The van der Waals surface area contributed by atoms with Crippen molar-refractivity contribution in [1.82, 2.24) is 15.0 Å². The number of nitrogens with zero attached hydrogens (tertiary/aromatic N) is 3. The lowest BCUT2D eigenvalue weighted by Gasteiger charge is -2.20. The summed E-state index contributed by atoms with van der Waals surface area (Å²) in [6, 6.07) is 15.5. The predicted octanol–water partition coefficient (Wildman–Crippen LogP) is 6.07. The summed E-state index contributed by atoms with van der Waals surface area (Å²) in [5, 5.41) is 0. The Balaban J connectivity index is 1.79. The number of halogens is 4. The third kappa shape index (κ3) is 4.60. The van der Waals surface area contributed by atoms with Crippen LogP contribution < -0.4 is 0 Å². The van der Waals surface area contributed by atoms with Crippen molar-refractivity contribution >= 4 is 0 Å². The van der Waals surface area contributed by atoms with Crippen LogP contribution in [0.1, 0.15) is 28.2 Å². The molecule has 0 aliphatic heterocycles. The topological polar surface area (TPSA) is 38.7 Å². The van der Waals surface area contributed by atoms with E-state index in [9.17, 15) is 17.6 Å². The molecule has 0 saturated carbocycles. The number of hydrogen-bond acceptors (Lipinski definition) is 3. The van der Waals surface area contributed by atoms with Crippen molar-refractivity contribution in [1.29, 1.82) is 0 Å². The SMILES string of the molecule is Fc1ncccc1C(Cc1cccnc1-c1cccc(C(F)(F)F)c1)c1cccnc1. The van der Waals surface area contributed by atoms with E-state index in [2.05, 4.69) is 15.0 Å². The van der Waals surface area contributed by atoms with E-state index in [1.807, 2.05) is 6.07 Å². The molecule has 0 fully saturated rings. The summed E-state index contributed by atoms with van der Waals surface area (Å²) in [6.07, 6.45) is 2.03. The molecule has 1 aromatic carbocycles. The van der Waals surface area contributed by atoms with Gasteiger partial charge in [-0.05, 0) is 47.9 Å². The van der Waals surface area contributed by atoms with Gasteiger partial charge in [-0.25, -0.2) is 4.98 Å². The maximum absolute atomic E-state index is 14.6. The predicted molar refractivity (Wildman–Crippen MR) is 109 cm³/mol. The highest BCUT2D eigenvalue weighted by Crippen LogP contribution is 2.35. The molecule has 0 saturated heterocycles. The molecule has 0 aliphatic carbocycles. The molecule has 0 N–H and O–H groups in total. The maximum Gasteiger partial charge on any atom is 0.416 e. The molecule has 0 amide bonds. The molecule has 0 aliphatic rings. The van der Waals surface area contributed by atoms with Gasteiger partial charge in [0.2, 0.25) is 5.95 Å². The van der Waals surface area contributed by atoms with Gasteiger partial charge in [-0.1, -0.05) is 30.3 Å². The van der Waals surface area contributed by atoms with Gasteiger partial charge in [0, 0.05) is 41.8 Å². The minimum atomic E-state index is -4.46. The summed E-state index contributed by atoms with van der Waals surface area (Å²) in [4.78, 5) is 12.2. The van der Waals surface area contributed by atoms with Gasteiger partial charge in [0.1, 0.15) is 0 Å². The normalized spacial score (nSPS) is 12.5. The third-order valence-corrected chi connectivity index (χ3v) is 5.03. The summed E-state index contributed by atoms with van der Waals surface area (Å²) < 4.78 is 54.2. The summed E-state index contributed by atoms with van der Waals surface area (Å²) in [5.74, 6) is -1.03. The molecule has 0 bridgehead atoms. The number of alkyl halides is 3. The van der Waals surface area contributed by atoms with Gasteiger partial charge in [-0.2, -0.15) is 17.6 Å². The van der Waals surface area contributed by atoms with Gasteiger partial charge in [-0.3, -0.25) is 9.97 Å². The smallest absolute Gasteiger partial charge is 0.264 e. The molecule has 1 unspecified atom stereocenters. The van der Waals surface area contributed by atoms with E-state index >= 15 is 0 Å². The van der Waals surface area contributed by atoms with Crippen LogP contribution in [0.2, 0.25) is 0 Å². The van der Waals surface area contributed by atoms with Crippen molar-refractivity contribution in [2.45, 2.75) is 18.5 Å². The van der Waals surface area contributed by atoms with Crippen molar-refractivity contribution in [3.05, 3.63) is 114 Å². The second-order valence-electron chi connectivity index (χ2n) is 7.02. The molecule has 4 rings (SSSR count). The maximum atomic E-state index is 14.6. The molecule has 3 heterocycles. The lowest BCUT2D eigenvalue weighted by molar-refractivity contribution is -0.137.